The third kappa shape index (κ3) is 4.54. The molecule has 2 amide bonds. The van der Waals surface area contributed by atoms with Crippen molar-refractivity contribution < 1.29 is 9.59 Å². The molecule has 0 radical (unpaired) electrons. The number of aryl methyl sites for hydroxylation is 2. The smallest absolute Gasteiger partial charge is 0.257 e. The van der Waals surface area contributed by atoms with Crippen molar-refractivity contribution in [1.29, 1.82) is 0 Å². The van der Waals surface area contributed by atoms with Gasteiger partial charge in [0.1, 0.15) is 0 Å². The standard InChI is InChI=1S/C25H24BrN3O2/c1-16-7-5-10-21(25(31)29-13-3-4-14-29)23(16)28-24(30)20-11-12-22(27-17(20)2)18-8-6-9-19(26)15-18/h5-12,15H,3-4,13-14H2,1-2H3,(H,28,30). The second kappa shape index (κ2) is 9.02. The number of carbonyl (C=O) groups excluding carboxylic acids is 2. The van der Waals surface area contributed by atoms with Crippen LogP contribution in [0.25, 0.3) is 11.3 Å². The number of likely N-dealkylation sites (tertiary alicyclic amines) is 1. The highest BCUT2D eigenvalue weighted by Crippen LogP contribution is 2.26. The maximum atomic E-state index is 13.1. The summed E-state index contributed by atoms with van der Waals surface area (Å²) in [5, 5.41) is 2.97. The number of aromatic nitrogens is 1. The van der Waals surface area contributed by atoms with Crippen LogP contribution in [0.15, 0.2) is 59.1 Å². The highest BCUT2D eigenvalue weighted by atomic mass is 79.9. The Morgan fingerprint density at radius 3 is 2.42 bits per heavy atom. The van der Waals surface area contributed by atoms with E-state index >= 15 is 0 Å². The van der Waals surface area contributed by atoms with Crippen LogP contribution in [0.5, 0.6) is 0 Å². The van der Waals surface area contributed by atoms with Gasteiger partial charge in [0.15, 0.2) is 0 Å². The Balaban J connectivity index is 1.61. The lowest BCUT2D eigenvalue weighted by Gasteiger charge is -2.19. The van der Waals surface area contributed by atoms with E-state index in [9.17, 15) is 9.59 Å². The zero-order valence-electron chi connectivity index (χ0n) is 17.6. The number of para-hydroxylation sites is 1. The number of amides is 2. The van der Waals surface area contributed by atoms with Crippen LogP contribution in [0.3, 0.4) is 0 Å². The molecule has 0 bridgehead atoms. The van der Waals surface area contributed by atoms with Gasteiger partial charge >= 0.3 is 0 Å². The molecule has 1 saturated heterocycles. The molecule has 1 fully saturated rings. The van der Waals surface area contributed by atoms with Gasteiger partial charge in [-0.15, -0.1) is 0 Å². The van der Waals surface area contributed by atoms with Crippen LogP contribution in [0, 0.1) is 13.8 Å². The fourth-order valence-electron chi connectivity index (χ4n) is 3.89. The summed E-state index contributed by atoms with van der Waals surface area (Å²) in [7, 11) is 0. The Kier molecular flexibility index (Phi) is 6.18. The second-order valence-electron chi connectivity index (χ2n) is 7.79. The van der Waals surface area contributed by atoms with Gasteiger partial charge in [0.2, 0.25) is 0 Å². The molecule has 0 aliphatic carbocycles. The average Bonchev–Trinajstić information content (AvgIpc) is 3.29. The van der Waals surface area contributed by atoms with E-state index in [1.54, 1.807) is 12.1 Å². The highest BCUT2D eigenvalue weighted by molar-refractivity contribution is 9.10. The summed E-state index contributed by atoms with van der Waals surface area (Å²) in [6.07, 6.45) is 2.04. The first-order valence-electron chi connectivity index (χ1n) is 10.4. The fourth-order valence-corrected chi connectivity index (χ4v) is 4.29. The Hall–Kier alpha value is -2.99. The van der Waals surface area contributed by atoms with E-state index < -0.39 is 0 Å². The number of carbonyl (C=O) groups is 2. The van der Waals surface area contributed by atoms with E-state index in [4.69, 9.17) is 0 Å². The molecule has 31 heavy (non-hydrogen) atoms. The maximum absolute atomic E-state index is 13.1. The van der Waals surface area contributed by atoms with Gasteiger partial charge in [0.05, 0.1) is 28.2 Å². The van der Waals surface area contributed by atoms with Crippen LogP contribution < -0.4 is 5.32 Å². The third-order valence-corrected chi connectivity index (χ3v) is 6.08. The lowest BCUT2D eigenvalue weighted by molar-refractivity contribution is 0.0794. The molecule has 0 saturated carbocycles. The third-order valence-electron chi connectivity index (χ3n) is 5.59. The predicted molar refractivity (Wildman–Crippen MR) is 126 cm³/mol. The van der Waals surface area contributed by atoms with Crippen LogP contribution in [-0.2, 0) is 0 Å². The maximum Gasteiger partial charge on any atom is 0.257 e. The van der Waals surface area contributed by atoms with E-state index in [1.807, 2.05) is 61.2 Å². The Morgan fingerprint density at radius 2 is 1.71 bits per heavy atom. The number of halogens is 1. The fraction of sp³-hybridized carbons (Fsp3) is 0.240. The van der Waals surface area contributed by atoms with Crippen LogP contribution in [0.4, 0.5) is 5.69 Å². The van der Waals surface area contributed by atoms with E-state index in [0.717, 1.165) is 47.2 Å². The van der Waals surface area contributed by atoms with Crippen LogP contribution in [0.1, 0.15) is 44.8 Å². The molecule has 1 aliphatic rings. The highest BCUT2D eigenvalue weighted by Gasteiger charge is 2.24. The number of nitrogens with one attached hydrogen (secondary N) is 1. The van der Waals surface area contributed by atoms with Crippen molar-refractivity contribution in [3.63, 3.8) is 0 Å². The van der Waals surface area contributed by atoms with Crippen molar-refractivity contribution in [2.75, 3.05) is 18.4 Å². The van der Waals surface area contributed by atoms with Crippen molar-refractivity contribution in [3.8, 4) is 11.3 Å². The summed E-state index contributed by atoms with van der Waals surface area (Å²) in [4.78, 5) is 32.6. The molecule has 1 N–H and O–H groups in total. The first-order chi connectivity index (χ1) is 14.9. The van der Waals surface area contributed by atoms with Gasteiger partial charge in [-0.2, -0.15) is 0 Å². The van der Waals surface area contributed by atoms with E-state index in [2.05, 4.69) is 26.2 Å². The van der Waals surface area contributed by atoms with Crippen molar-refractivity contribution in [2.24, 2.45) is 0 Å². The molecule has 0 spiro atoms. The number of anilines is 1. The minimum absolute atomic E-state index is 0.0312. The molecule has 0 atom stereocenters. The minimum Gasteiger partial charge on any atom is -0.339 e. The lowest BCUT2D eigenvalue weighted by Crippen LogP contribution is -2.29. The van der Waals surface area contributed by atoms with Gasteiger partial charge < -0.3 is 10.2 Å². The molecule has 5 nitrogen and oxygen atoms in total. The zero-order chi connectivity index (χ0) is 22.0. The van der Waals surface area contributed by atoms with Crippen LogP contribution >= 0.6 is 15.9 Å². The summed E-state index contributed by atoms with van der Waals surface area (Å²) in [6.45, 7) is 5.25. The van der Waals surface area contributed by atoms with Crippen molar-refractivity contribution in [3.05, 3.63) is 81.5 Å². The van der Waals surface area contributed by atoms with Crippen LogP contribution in [0.2, 0.25) is 0 Å². The summed E-state index contributed by atoms with van der Waals surface area (Å²) >= 11 is 3.48. The van der Waals surface area contributed by atoms with E-state index in [0.29, 0.717) is 22.5 Å². The minimum atomic E-state index is -0.268. The monoisotopic (exact) mass is 477 g/mol. The predicted octanol–water partition coefficient (Wildman–Crippen LogP) is 5.62. The number of rotatable bonds is 4. The zero-order valence-corrected chi connectivity index (χ0v) is 19.2. The molecule has 4 rings (SSSR count). The van der Waals surface area contributed by atoms with Crippen molar-refractivity contribution in [2.45, 2.75) is 26.7 Å². The van der Waals surface area contributed by atoms with Gasteiger partial charge in [-0.3, -0.25) is 14.6 Å². The molecular weight excluding hydrogens is 454 g/mol. The Bertz CT molecular complexity index is 1150. The average molecular weight is 478 g/mol. The second-order valence-corrected chi connectivity index (χ2v) is 8.71. The normalized spacial score (nSPS) is 13.3. The van der Waals surface area contributed by atoms with Gasteiger partial charge in [-0.1, -0.05) is 40.2 Å². The Labute approximate surface area is 190 Å². The number of benzene rings is 2. The molecule has 2 heterocycles. The molecule has 0 unspecified atom stereocenters. The summed E-state index contributed by atoms with van der Waals surface area (Å²) < 4.78 is 0.973. The first-order valence-corrected chi connectivity index (χ1v) is 11.2. The number of pyridine rings is 1. The van der Waals surface area contributed by atoms with Crippen LogP contribution in [-0.4, -0.2) is 34.8 Å². The summed E-state index contributed by atoms with van der Waals surface area (Å²) in [5.74, 6) is -0.299. The molecule has 2 aromatic carbocycles. The number of nitrogens with zero attached hydrogens (tertiary/aromatic N) is 2. The molecule has 1 aliphatic heterocycles. The van der Waals surface area contributed by atoms with Gasteiger partial charge in [0, 0.05) is 23.1 Å². The topological polar surface area (TPSA) is 62.3 Å². The lowest BCUT2D eigenvalue weighted by atomic mass is 10.0. The van der Waals surface area contributed by atoms with Crippen molar-refractivity contribution in [1.82, 2.24) is 9.88 Å². The molecular formula is C25H24BrN3O2. The number of hydrogen-bond donors (Lipinski definition) is 1. The molecule has 6 heteroatoms. The van der Waals surface area contributed by atoms with Gasteiger partial charge in [0.25, 0.3) is 11.8 Å². The summed E-state index contributed by atoms with van der Waals surface area (Å²) in [6, 6.07) is 17.1. The largest absolute Gasteiger partial charge is 0.339 e. The SMILES string of the molecule is Cc1cccc(C(=O)N2CCCC2)c1NC(=O)c1ccc(-c2cccc(Br)c2)nc1C. The van der Waals surface area contributed by atoms with E-state index in [1.165, 1.54) is 0 Å². The number of hydrogen-bond acceptors (Lipinski definition) is 3. The summed E-state index contributed by atoms with van der Waals surface area (Å²) in [5.41, 5.74) is 4.86. The van der Waals surface area contributed by atoms with Crippen molar-refractivity contribution >= 4 is 33.4 Å². The van der Waals surface area contributed by atoms with Gasteiger partial charge in [-0.25, -0.2) is 0 Å². The Morgan fingerprint density at radius 1 is 0.968 bits per heavy atom. The van der Waals surface area contributed by atoms with Gasteiger partial charge in [-0.05, 0) is 62.6 Å². The first kappa shape index (κ1) is 21.2. The quantitative estimate of drug-likeness (QED) is 0.530. The molecule has 3 aromatic rings. The van der Waals surface area contributed by atoms with E-state index in [-0.39, 0.29) is 11.8 Å². The molecule has 158 valence electrons. The molecule has 1 aromatic heterocycles.